The maximum absolute atomic E-state index is 6.11. The molecule has 15 heavy (non-hydrogen) atoms. The third-order valence-electron chi connectivity index (χ3n) is 3.23. The molecule has 0 aliphatic carbocycles. The maximum atomic E-state index is 6.11. The minimum absolute atomic E-state index is 0.232. The van der Waals surface area contributed by atoms with Gasteiger partial charge in [0.05, 0.1) is 6.54 Å². The van der Waals surface area contributed by atoms with Crippen molar-refractivity contribution in [3.63, 3.8) is 0 Å². The van der Waals surface area contributed by atoms with E-state index in [2.05, 4.69) is 23.7 Å². The summed E-state index contributed by atoms with van der Waals surface area (Å²) in [6, 6.07) is 0.338. The van der Waals surface area contributed by atoms with Crippen LogP contribution in [0.3, 0.4) is 0 Å². The fourth-order valence-electron chi connectivity index (χ4n) is 2.14. The molecule has 3 nitrogen and oxygen atoms in total. The fraction of sp³-hybridized carbons (Fsp3) is 0.727. The van der Waals surface area contributed by atoms with Crippen LogP contribution in [0.5, 0.6) is 0 Å². The van der Waals surface area contributed by atoms with E-state index in [0.29, 0.717) is 6.04 Å². The standard InChI is InChI=1S/C11H19N3S/c1-11(2)8-14(5-3-9(11)12)7-10-13-4-6-15-10/h4,6,9H,3,5,7-8,12H2,1-2H3. The van der Waals surface area contributed by atoms with Crippen molar-refractivity contribution in [3.8, 4) is 0 Å². The third-order valence-corrected chi connectivity index (χ3v) is 4.00. The van der Waals surface area contributed by atoms with Crippen LogP contribution >= 0.6 is 11.3 Å². The van der Waals surface area contributed by atoms with Gasteiger partial charge in [-0.15, -0.1) is 11.3 Å². The van der Waals surface area contributed by atoms with Gasteiger partial charge in [0.15, 0.2) is 0 Å². The van der Waals surface area contributed by atoms with Gasteiger partial charge in [0.25, 0.3) is 0 Å². The average Bonchev–Trinajstić information content (AvgIpc) is 2.63. The highest BCUT2D eigenvalue weighted by Crippen LogP contribution is 2.28. The molecule has 0 radical (unpaired) electrons. The van der Waals surface area contributed by atoms with Gasteiger partial charge >= 0.3 is 0 Å². The van der Waals surface area contributed by atoms with E-state index in [1.54, 1.807) is 11.3 Å². The number of hydrogen-bond donors (Lipinski definition) is 1. The lowest BCUT2D eigenvalue weighted by molar-refractivity contribution is 0.0898. The van der Waals surface area contributed by atoms with Crippen LogP contribution in [0.2, 0.25) is 0 Å². The van der Waals surface area contributed by atoms with Gasteiger partial charge in [0, 0.05) is 30.7 Å². The lowest BCUT2D eigenvalue weighted by atomic mass is 9.80. The molecule has 1 aromatic rings. The molecule has 0 spiro atoms. The number of nitrogens with two attached hydrogens (primary N) is 1. The zero-order chi connectivity index (χ0) is 10.9. The Morgan fingerprint density at radius 2 is 2.47 bits per heavy atom. The van der Waals surface area contributed by atoms with Crippen LogP contribution in [0, 0.1) is 5.41 Å². The van der Waals surface area contributed by atoms with Crippen molar-refractivity contribution in [2.45, 2.75) is 32.9 Å². The predicted molar refractivity (Wildman–Crippen MR) is 63.8 cm³/mol. The molecule has 0 saturated carbocycles. The number of nitrogens with zero attached hydrogens (tertiary/aromatic N) is 2. The largest absolute Gasteiger partial charge is 0.327 e. The normalized spacial score (nSPS) is 26.7. The van der Waals surface area contributed by atoms with E-state index in [1.165, 1.54) is 5.01 Å². The highest BCUT2D eigenvalue weighted by Gasteiger charge is 2.33. The summed E-state index contributed by atoms with van der Waals surface area (Å²) in [5.74, 6) is 0. The first-order valence-corrected chi connectivity index (χ1v) is 6.32. The zero-order valence-electron chi connectivity index (χ0n) is 9.44. The highest BCUT2D eigenvalue weighted by molar-refractivity contribution is 7.09. The number of likely N-dealkylation sites (tertiary alicyclic amines) is 1. The van der Waals surface area contributed by atoms with Crippen molar-refractivity contribution in [2.75, 3.05) is 13.1 Å². The van der Waals surface area contributed by atoms with E-state index >= 15 is 0 Å². The van der Waals surface area contributed by atoms with Gasteiger partial charge in [0.1, 0.15) is 5.01 Å². The quantitative estimate of drug-likeness (QED) is 0.833. The summed E-state index contributed by atoms with van der Waals surface area (Å²) in [6.45, 7) is 7.67. The van der Waals surface area contributed by atoms with E-state index in [9.17, 15) is 0 Å². The Hall–Kier alpha value is -0.450. The smallest absolute Gasteiger partial charge is 0.107 e. The second kappa shape index (κ2) is 4.20. The van der Waals surface area contributed by atoms with Crippen LogP contribution < -0.4 is 5.73 Å². The predicted octanol–water partition coefficient (Wildman–Crippen LogP) is 1.70. The number of rotatable bonds is 2. The molecule has 1 atom stereocenters. The van der Waals surface area contributed by atoms with Gasteiger partial charge in [-0.1, -0.05) is 13.8 Å². The molecule has 1 fully saturated rings. The van der Waals surface area contributed by atoms with Crippen LogP contribution in [0.1, 0.15) is 25.3 Å². The molecule has 1 saturated heterocycles. The topological polar surface area (TPSA) is 42.2 Å². The SMILES string of the molecule is CC1(C)CN(Cc2nccs2)CCC1N. The Labute approximate surface area is 95.3 Å². The maximum Gasteiger partial charge on any atom is 0.107 e. The molecule has 84 valence electrons. The molecule has 1 unspecified atom stereocenters. The lowest BCUT2D eigenvalue weighted by Gasteiger charge is -2.42. The van der Waals surface area contributed by atoms with E-state index < -0.39 is 0 Å². The summed E-state index contributed by atoms with van der Waals surface area (Å²) in [5, 5.41) is 3.25. The van der Waals surface area contributed by atoms with Gasteiger partial charge in [-0.05, 0) is 11.8 Å². The molecule has 0 bridgehead atoms. The second-order valence-electron chi connectivity index (χ2n) is 5.02. The van der Waals surface area contributed by atoms with Gasteiger partial charge < -0.3 is 5.73 Å². The fourth-order valence-corrected chi connectivity index (χ4v) is 2.80. The van der Waals surface area contributed by atoms with Crippen molar-refractivity contribution in [1.29, 1.82) is 0 Å². The summed E-state index contributed by atoms with van der Waals surface area (Å²) < 4.78 is 0. The summed E-state index contributed by atoms with van der Waals surface area (Å²) in [4.78, 5) is 6.78. The van der Waals surface area contributed by atoms with Crippen LogP contribution in [0.25, 0.3) is 0 Å². The van der Waals surface area contributed by atoms with Crippen molar-refractivity contribution < 1.29 is 0 Å². The molecule has 2 heterocycles. The Bertz CT molecular complexity index is 308. The van der Waals surface area contributed by atoms with Crippen molar-refractivity contribution in [1.82, 2.24) is 9.88 Å². The average molecular weight is 225 g/mol. The molecule has 2 N–H and O–H groups in total. The Morgan fingerprint density at radius 1 is 1.67 bits per heavy atom. The van der Waals surface area contributed by atoms with E-state index in [-0.39, 0.29) is 5.41 Å². The molecule has 0 amide bonds. The summed E-state index contributed by atoms with van der Waals surface area (Å²) in [7, 11) is 0. The molecule has 2 rings (SSSR count). The summed E-state index contributed by atoms with van der Waals surface area (Å²) >= 11 is 1.73. The molecule has 0 aromatic carbocycles. The second-order valence-corrected chi connectivity index (χ2v) is 6.00. The monoisotopic (exact) mass is 225 g/mol. The highest BCUT2D eigenvalue weighted by atomic mass is 32.1. The van der Waals surface area contributed by atoms with Crippen LogP contribution in [0.4, 0.5) is 0 Å². The third kappa shape index (κ3) is 2.56. The van der Waals surface area contributed by atoms with Crippen LogP contribution in [0.15, 0.2) is 11.6 Å². The summed E-state index contributed by atoms with van der Waals surface area (Å²) in [6.07, 6.45) is 2.97. The van der Waals surface area contributed by atoms with Gasteiger partial charge in [-0.3, -0.25) is 4.90 Å². The van der Waals surface area contributed by atoms with Gasteiger partial charge in [-0.25, -0.2) is 4.98 Å². The number of hydrogen-bond acceptors (Lipinski definition) is 4. The Kier molecular flexibility index (Phi) is 3.09. The zero-order valence-corrected chi connectivity index (χ0v) is 10.3. The van der Waals surface area contributed by atoms with Crippen LogP contribution in [-0.4, -0.2) is 29.0 Å². The first kappa shape index (κ1) is 11.0. The Balaban J connectivity index is 1.95. The molecule has 1 aromatic heterocycles. The molecule has 1 aliphatic heterocycles. The minimum atomic E-state index is 0.232. The molecular formula is C11H19N3S. The first-order valence-electron chi connectivity index (χ1n) is 5.44. The first-order chi connectivity index (χ1) is 7.08. The van der Waals surface area contributed by atoms with Crippen molar-refractivity contribution in [3.05, 3.63) is 16.6 Å². The number of thiazole rings is 1. The minimum Gasteiger partial charge on any atom is -0.327 e. The van der Waals surface area contributed by atoms with E-state index in [1.807, 2.05) is 11.6 Å². The summed E-state index contributed by atoms with van der Waals surface area (Å²) in [5.41, 5.74) is 6.34. The van der Waals surface area contributed by atoms with E-state index in [4.69, 9.17) is 5.73 Å². The molecule has 4 heteroatoms. The molecular weight excluding hydrogens is 206 g/mol. The van der Waals surface area contributed by atoms with Gasteiger partial charge in [-0.2, -0.15) is 0 Å². The van der Waals surface area contributed by atoms with Crippen molar-refractivity contribution >= 4 is 11.3 Å². The van der Waals surface area contributed by atoms with Gasteiger partial charge in [0.2, 0.25) is 0 Å². The molecule has 1 aliphatic rings. The van der Waals surface area contributed by atoms with Crippen molar-refractivity contribution in [2.24, 2.45) is 11.1 Å². The van der Waals surface area contributed by atoms with E-state index in [0.717, 1.165) is 26.1 Å². The number of piperidine rings is 1. The lowest BCUT2D eigenvalue weighted by Crippen LogP contribution is -2.52. The van der Waals surface area contributed by atoms with Crippen LogP contribution in [-0.2, 0) is 6.54 Å². The Morgan fingerprint density at radius 3 is 3.07 bits per heavy atom. The number of aromatic nitrogens is 1.